The Morgan fingerprint density at radius 1 is 1.42 bits per heavy atom. The number of amides is 1. The molecule has 1 atom stereocenters. The summed E-state index contributed by atoms with van der Waals surface area (Å²) in [6.07, 6.45) is 5.20. The normalized spacial score (nSPS) is 19.4. The number of nitrogens with one attached hydrogen (secondary N) is 1. The van der Waals surface area contributed by atoms with Gasteiger partial charge in [-0.1, -0.05) is 29.8 Å². The van der Waals surface area contributed by atoms with E-state index in [4.69, 9.17) is 5.73 Å². The molecule has 3 N–H and O–H groups in total. The summed E-state index contributed by atoms with van der Waals surface area (Å²) >= 11 is 0. The van der Waals surface area contributed by atoms with Crippen molar-refractivity contribution in [2.75, 3.05) is 25.0 Å². The van der Waals surface area contributed by atoms with Gasteiger partial charge in [0.25, 0.3) is 0 Å². The summed E-state index contributed by atoms with van der Waals surface area (Å²) in [5.74, 6) is 0.0117. The fraction of sp³-hybridized carbons (Fsp3) is 0.400. The first-order chi connectivity index (χ1) is 9.19. The first kappa shape index (κ1) is 13.8. The molecule has 1 aromatic carbocycles. The van der Waals surface area contributed by atoms with Crippen LogP contribution in [0.15, 0.2) is 36.4 Å². The van der Waals surface area contributed by atoms with Crippen molar-refractivity contribution in [3.8, 4) is 0 Å². The molecule has 102 valence electrons. The minimum atomic E-state index is 0.0117. The van der Waals surface area contributed by atoms with Crippen LogP contribution in [0.3, 0.4) is 0 Å². The average molecular weight is 259 g/mol. The van der Waals surface area contributed by atoms with Crippen molar-refractivity contribution < 1.29 is 4.79 Å². The highest BCUT2D eigenvalue weighted by Crippen LogP contribution is 2.11. The molecule has 0 aliphatic carbocycles. The molecule has 0 radical (unpaired) electrons. The number of carbonyl (C=O) groups excluding carboxylic acids is 1. The van der Waals surface area contributed by atoms with Crippen LogP contribution >= 0.6 is 0 Å². The van der Waals surface area contributed by atoms with E-state index >= 15 is 0 Å². The van der Waals surface area contributed by atoms with Crippen molar-refractivity contribution in [3.63, 3.8) is 0 Å². The van der Waals surface area contributed by atoms with Gasteiger partial charge in [-0.05, 0) is 25.5 Å². The standard InChI is InChI=1S/C15H21N3O/c1-12-5-7-13(8-6-12)17-15(19)11-18-9-3-2-4-14(18)10-16/h2,4-8,14H,3,9-11,16H2,1H3,(H,17,19). The third kappa shape index (κ3) is 3.91. The molecule has 2 rings (SSSR count). The summed E-state index contributed by atoms with van der Waals surface area (Å²) < 4.78 is 0. The molecule has 4 nitrogen and oxygen atoms in total. The van der Waals surface area contributed by atoms with Gasteiger partial charge in [-0.15, -0.1) is 0 Å². The average Bonchev–Trinajstić information content (AvgIpc) is 2.42. The van der Waals surface area contributed by atoms with Crippen LogP contribution in [0.25, 0.3) is 0 Å². The zero-order valence-electron chi connectivity index (χ0n) is 11.3. The van der Waals surface area contributed by atoms with Crippen LogP contribution < -0.4 is 11.1 Å². The first-order valence-electron chi connectivity index (χ1n) is 6.66. The molecule has 4 heteroatoms. The SMILES string of the molecule is Cc1ccc(NC(=O)CN2CCC=CC2CN)cc1. The van der Waals surface area contributed by atoms with Crippen molar-refractivity contribution in [2.24, 2.45) is 5.73 Å². The zero-order valence-corrected chi connectivity index (χ0v) is 11.3. The van der Waals surface area contributed by atoms with Gasteiger partial charge in [0.15, 0.2) is 0 Å². The fourth-order valence-electron chi connectivity index (χ4n) is 2.23. The lowest BCUT2D eigenvalue weighted by Gasteiger charge is -2.30. The van der Waals surface area contributed by atoms with E-state index in [-0.39, 0.29) is 11.9 Å². The number of nitrogens with zero attached hydrogens (tertiary/aromatic N) is 1. The Balaban J connectivity index is 1.90. The first-order valence-corrected chi connectivity index (χ1v) is 6.66. The number of carbonyl (C=O) groups is 1. The number of anilines is 1. The summed E-state index contributed by atoms with van der Waals surface area (Å²) in [5, 5.41) is 2.92. The van der Waals surface area contributed by atoms with Gasteiger partial charge < -0.3 is 11.1 Å². The summed E-state index contributed by atoms with van der Waals surface area (Å²) in [4.78, 5) is 14.1. The molecule has 0 spiro atoms. The number of benzene rings is 1. The smallest absolute Gasteiger partial charge is 0.238 e. The second-order valence-corrected chi connectivity index (χ2v) is 4.90. The van der Waals surface area contributed by atoms with E-state index in [9.17, 15) is 4.79 Å². The van der Waals surface area contributed by atoms with Gasteiger partial charge >= 0.3 is 0 Å². The molecule has 0 aromatic heterocycles. The Labute approximate surface area is 114 Å². The Morgan fingerprint density at radius 2 is 2.16 bits per heavy atom. The second kappa shape index (κ2) is 6.50. The lowest BCUT2D eigenvalue weighted by molar-refractivity contribution is -0.117. The molecule has 1 aromatic rings. The molecule has 1 amide bonds. The van der Waals surface area contributed by atoms with Crippen LogP contribution in [-0.2, 0) is 4.79 Å². The number of hydrogen-bond donors (Lipinski definition) is 2. The molecular formula is C15H21N3O. The van der Waals surface area contributed by atoms with E-state index in [1.807, 2.05) is 31.2 Å². The van der Waals surface area contributed by atoms with Crippen LogP contribution in [0.2, 0.25) is 0 Å². The maximum absolute atomic E-state index is 12.0. The van der Waals surface area contributed by atoms with Gasteiger partial charge in [0.05, 0.1) is 6.54 Å². The van der Waals surface area contributed by atoms with Crippen molar-refractivity contribution in [2.45, 2.75) is 19.4 Å². The zero-order chi connectivity index (χ0) is 13.7. The Morgan fingerprint density at radius 3 is 2.84 bits per heavy atom. The number of hydrogen-bond acceptors (Lipinski definition) is 3. The molecule has 1 aliphatic heterocycles. The van der Waals surface area contributed by atoms with Gasteiger partial charge in [-0.3, -0.25) is 9.69 Å². The van der Waals surface area contributed by atoms with E-state index in [2.05, 4.69) is 22.4 Å². The van der Waals surface area contributed by atoms with E-state index in [0.717, 1.165) is 18.7 Å². The van der Waals surface area contributed by atoms with Gasteiger partial charge in [0, 0.05) is 24.8 Å². The van der Waals surface area contributed by atoms with Crippen LogP contribution in [0.4, 0.5) is 5.69 Å². The largest absolute Gasteiger partial charge is 0.329 e. The Hall–Kier alpha value is -1.65. The highest BCUT2D eigenvalue weighted by molar-refractivity contribution is 5.92. The van der Waals surface area contributed by atoms with Gasteiger partial charge in [0.2, 0.25) is 5.91 Å². The highest BCUT2D eigenvalue weighted by Gasteiger charge is 2.19. The Kier molecular flexibility index (Phi) is 4.71. The summed E-state index contributed by atoms with van der Waals surface area (Å²) in [6, 6.07) is 8.00. The predicted octanol–water partition coefficient (Wildman–Crippen LogP) is 1.52. The number of aryl methyl sites for hydroxylation is 1. The number of nitrogens with two attached hydrogens (primary N) is 1. The number of rotatable bonds is 4. The lowest BCUT2D eigenvalue weighted by atomic mass is 10.1. The minimum absolute atomic E-state index is 0.0117. The van der Waals surface area contributed by atoms with Crippen LogP contribution in [0, 0.1) is 6.92 Å². The Bertz CT molecular complexity index is 453. The molecule has 0 saturated heterocycles. The quantitative estimate of drug-likeness (QED) is 0.806. The maximum Gasteiger partial charge on any atom is 0.238 e. The van der Waals surface area contributed by atoms with Crippen LogP contribution in [-0.4, -0.2) is 36.5 Å². The molecule has 0 fully saturated rings. The van der Waals surface area contributed by atoms with Crippen molar-refractivity contribution in [1.82, 2.24) is 4.90 Å². The molecule has 0 bridgehead atoms. The van der Waals surface area contributed by atoms with E-state index in [1.165, 1.54) is 5.56 Å². The predicted molar refractivity (Wildman–Crippen MR) is 78.0 cm³/mol. The van der Waals surface area contributed by atoms with Crippen molar-refractivity contribution in [1.29, 1.82) is 0 Å². The van der Waals surface area contributed by atoms with Crippen LogP contribution in [0.1, 0.15) is 12.0 Å². The summed E-state index contributed by atoms with van der Waals surface area (Å²) in [6.45, 7) is 3.85. The second-order valence-electron chi connectivity index (χ2n) is 4.90. The third-order valence-electron chi connectivity index (χ3n) is 3.33. The molecule has 1 unspecified atom stereocenters. The van der Waals surface area contributed by atoms with E-state index in [1.54, 1.807) is 0 Å². The summed E-state index contributed by atoms with van der Waals surface area (Å²) in [5.41, 5.74) is 7.74. The van der Waals surface area contributed by atoms with E-state index in [0.29, 0.717) is 13.1 Å². The minimum Gasteiger partial charge on any atom is -0.329 e. The molecule has 19 heavy (non-hydrogen) atoms. The van der Waals surface area contributed by atoms with Crippen LogP contribution in [0.5, 0.6) is 0 Å². The highest BCUT2D eigenvalue weighted by atomic mass is 16.2. The van der Waals surface area contributed by atoms with Crippen molar-refractivity contribution >= 4 is 11.6 Å². The maximum atomic E-state index is 12.0. The van der Waals surface area contributed by atoms with Gasteiger partial charge in [-0.2, -0.15) is 0 Å². The van der Waals surface area contributed by atoms with Gasteiger partial charge in [-0.25, -0.2) is 0 Å². The topological polar surface area (TPSA) is 58.4 Å². The fourth-order valence-corrected chi connectivity index (χ4v) is 2.23. The summed E-state index contributed by atoms with van der Waals surface area (Å²) in [7, 11) is 0. The molecule has 0 saturated carbocycles. The molecule has 1 aliphatic rings. The monoisotopic (exact) mass is 259 g/mol. The van der Waals surface area contributed by atoms with Crippen molar-refractivity contribution in [3.05, 3.63) is 42.0 Å². The van der Waals surface area contributed by atoms with E-state index < -0.39 is 0 Å². The molecule has 1 heterocycles. The lowest BCUT2D eigenvalue weighted by Crippen LogP contribution is -2.45. The van der Waals surface area contributed by atoms with Gasteiger partial charge in [0.1, 0.15) is 0 Å². The third-order valence-corrected chi connectivity index (χ3v) is 3.33. The molecular weight excluding hydrogens is 238 g/mol.